The fourth-order valence-corrected chi connectivity index (χ4v) is 7.38. The Morgan fingerprint density at radius 3 is 2.42 bits per heavy atom. The number of nitrogens with zero attached hydrogens (tertiary/aromatic N) is 3. The second-order valence-electron chi connectivity index (χ2n) is 12.5. The van der Waals surface area contributed by atoms with E-state index in [1.807, 2.05) is 37.1 Å². The normalized spacial score (nSPS) is 23.1. The molecule has 230 valence electrons. The predicted octanol–water partition coefficient (Wildman–Crippen LogP) is 5.11. The van der Waals surface area contributed by atoms with Crippen molar-refractivity contribution in [2.75, 3.05) is 46.4 Å². The Balaban J connectivity index is 1.27. The first-order chi connectivity index (χ1) is 20.7. The maximum atomic E-state index is 14.7. The standard InChI is InChI=1S/C33H39ClF2N4O3/c1-21-30(26-17-24(34)5-8-29(26)40(21)18-22-9-15-43-16-10-22)31(41)39-13-11-33(12-14-39,23-3-6-25(35)7-4-23)32(42)37-28-20-38(2)19-27(28)36/h3-8,17,22,27-28H,9-16,18-20H2,1-2H3,(H,37,42)/t27-,28+/m1/s1. The summed E-state index contributed by atoms with van der Waals surface area (Å²) in [7, 11) is 1.83. The molecular formula is C33H39ClF2N4O3. The highest BCUT2D eigenvalue weighted by molar-refractivity contribution is 6.31. The van der Waals surface area contributed by atoms with Crippen LogP contribution >= 0.6 is 11.6 Å². The molecule has 0 spiro atoms. The van der Waals surface area contributed by atoms with Gasteiger partial charge in [-0.25, -0.2) is 8.78 Å². The molecule has 0 bridgehead atoms. The van der Waals surface area contributed by atoms with Crippen LogP contribution < -0.4 is 5.32 Å². The number of carbonyl (C=O) groups is 2. The lowest BCUT2D eigenvalue weighted by Crippen LogP contribution is -2.56. The minimum Gasteiger partial charge on any atom is -0.381 e. The van der Waals surface area contributed by atoms with E-state index in [-0.39, 0.29) is 24.2 Å². The molecule has 4 heterocycles. The molecule has 1 N–H and O–H groups in total. The molecule has 3 fully saturated rings. The van der Waals surface area contributed by atoms with Gasteiger partial charge in [0.15, 0.2) is 0 Å². The molecule has 2 amide bonds. The number of halogens is 3. The van der Waals surface area contributed by atoms with Crippen molar-refractivity contribution in [1.82, 2.24) is 19.7 Å². The SMILES string of the molecule is Cc1c(C(=O)N2CCC(C(=O)N[C@H]3CN(C)C[C@H]3F)(c3ccc(F)cc3)CC2)c2cc(Cl)ccc2n1CC1CCOCC1. The molecule has 0 unspecified atom stereocenters. The molecule has 43 heavy (non-hydrogen) atoms. The van der Waals surface area contributed by atoms with Crippen LogP contribution in [0.1, 0.15) is 47.3 Å². The number of carbonyl (C=O) groups excluding carboxylic acids is 2. The molecule has 0 aliphatic carbocycles. The Bertz CT molecular complexity index is 1500. The zero-order chi connectivity index (χ0) is 30.3. The molecule has 2 aromatic carbocycles. The van der Waals surface area contributed by atoms with Crippen LogP contribution in [-0.2, 0) is 21.5 Å². The van der Waals surface area contributed by atoms with Crippen molar-refractivity contribution in [2.45, 2.75) is 56.8 Å². The summed E-state index contributed by atoms with van der Waals surface area (Å²) in [6, 6.07) is 11.1. The number of likely N-dealkylation sites (tertiary alicyclic amines) is 2. The van der Waals surface area contributed by atoms with Gasteiger partial charge in [-0.2, -0.15) is 0 Å². The molecule has 7 nitrogen and oxygen atoms in total. The van der Waals surface area contributed by atoms with Gasteiger partial charge in [0.2, 0.25) is 5.91 Å². The van der Waals surface area contributed by atoms with Crippen molar-refractivity contribution in [3.8, 4) is 0 Å². The summed E-state index contributed by atoms with van der Waals surface area (Å²) in [6.07, 6.45) is 1.49. The van der Waals surface area contributed by atoms with Crippen molar-refractivity contribution in [1.29, 1.82) is 0 Å². The number of piperidine rings is 1. The number of alkyl halides is 1. The van der Waals surface area contributed by atoms with E-state index >= 15 is 0 Å². The highest BCUT2D eigenvalue weighted by Crippen LogP contribution is 2.38. The third-order valence-electron chi connectivity index (χ3n) is 9.76. The largest absolute Gasteiger partial charge is 0.381 e. The monoisotopic (exact) mass is 612 g/mol. The number of fused-ring (bicyclic) bond motifs is 1. The first kappa shape index (κ1) is 30.0. The lowest BCUT2D eigenvalue weighted by atomic mass is 9.71. The van der Waals surface area contributed by atoms with Crippen LogP contribution in [0, 0.1) is 18.7 Å². The van der Waals surface area contributed by atoms with E-state index in [0.717, 1.165) is 49.2 Å². The molecule has 3 aliphatic rings. The third kappa shape index (κ3) is 5.79. The van der Waals surface area contributed by atoms with Gasteiger partial charge >= 0.3 is 0 Å². The number of rotatable bonds is 6. The number of benzene rings is 2. The summed E-state index contributed by atoms with van der Waals surface area (Å²) >= 11 is 6.42. The van der Waals surface area contributed by atoms with Crippen LogP contribution in [0.4, 0.5) is 8.78 Å². The summed E-state index contributed by atoms with van der Waals surface area (Å²) in [5, 5.41) is 4.36. The summed E-state index contributed by atoms with van der Waals surface area (Å²) in [5.74, 6) is -0.287. The van der Waals surface area contributed by atoms with Gasteiger partial charge in [0.1, 0.15) is 12.0 Å². The van der Waals surface area contributed by atoms with E-state index < -0.39 is 17.6 Å². The van der Waals surface area contributed by atoms with Crippen LogP contribution in [0.2, 0.25) is 5.02 Å². The first-order valence-electron chi connectivity index (χ1n) is 15.2. The van der Waals surface area contributed by atoms with E-state index in [1.165, 1.54) is 12.1 Å². The second-order valence-corrected chi connectivity index (χ2v) is 12.9. The number of ether oxygens (including phenoxy) is 1. The zero-order valence-corrected chi connectivity index (χ0v) is 25.5. The van der Waals surface area contributed by atoms with E-state index in [4.69, 9.17) is 16.3 Å². The minimum atomic E-state index is -1.16. The van der Waals surface area contributed by atoms with Gasteiger partial charge < -0.3 is 24.4 Å². The van der Waals surface area contributed by atoms with Crippen LogP contribution in [0.25, 0.3) is 10.9 Å². The van der Waals surface area contributed by atoms with Crippen molar-refractivity contribution in [3.05, 3.63) is 70.1 Å². The summed E-state index contributed by atoms with van der Waals surface area (Å²) in [5.41, 5.74) is 2.20. The minimum absolute atomic E-state index is 0.0927. The van der Waals surface area contributed by atoms with Crippen LogP contribution in [0.15, 0.2) is 42.5 Å². The molecule has 3 aromatic rings. The fourth-order valence-electron chi connectivity index (χ4n) is 7.20. The highest BCUT2D eigenvalue weighted by atomic mass is 35.5. The topological polar surface area (TPSA) is 66.8 Å². The Labute approximate surface area is 256 Å². The molecule has 2 atom stereocenters. The highest BCUT2D eigenvalue weighted by Gasteiger charge is 2.46. The Morgan fingerprint density at radius 2 is 1.77 bits per heavy atom. The Hall–Kier alpha value is -3.01. The lowest BCUT2D eigenvalue weighted by molar-refractivity contribution is -0.129. The third-order valence-corrected chi connectivity index (χ3v) is 10.00. The molecule has 0 radical (unpaired) electrons. The van der Waals surface area contributed by atoms with E-state index in [2.05, 4.69) is 9.88 Å². The van der Waals surface area contributed by atoms with E-state index in [1.54, 1.807) is 17.0 Å². The van der Waals surface area contributed by atoms with Crippen LogP contribution in [0.5, 0.6) is 0 Å². The average molecular weight is 613 g/mol. The number of likely N-dealkylation sites (N-methyl/N-ethyl adjacent to an activating group) is 1. The number of amides is 2. The molecule has 6 rings (SSSR count). The molecule has 3 saturated heterocycles. The molecule has 1 aromatic heterocycles. The average Bonchev–Trinajstić information content (AvgIpc) is 3.46. The van der Waals surface area contributed by atoms with Gasteiger partial charge in [-0.1, -0.05) is 23.7 Å². The molecular weight excluding hydrogens is 574 g/mol. The summed E-state index contributed by atoms with van der Waals surface area (Å²) < 4.78 is 36.3. The number of hydrogen-bond donors (Lipinski definition) is 1. The van der Waals surface area contributed by atoms with Gasteiger partial charge in [-0.05, 0) is 81.5 Å². The predicted molar refractivity (Wildman–Crippen MR) is 163 cm³/mol. The van der Waals surface area contributed by atoms with Gasteiger partial charge in [-0.15, -0.1) is 0 Å². The fraction of sp³-hybridized carbons (Fsp3) is 0.515. The summed E-state index contributed by atoms with van der Waals surface area (Å²) in [4.78, 5) is 31.8. The van der Waals surface area contributed by atoms with Crippen molar-refractivity contribution in [2.24, 2.45) is 5.92 Å². The quantitative estimate of drug-likeness (QED) is 0.420. The van der Waals surface area contributed by atoms with Crippen LogP contribution in [0.3, 0.4) is 0 Å². The number of hydrogen-bond acceptors (Lipinski definition) is 4. The Kier molecular flexibility index (Phi) is 8.50. The van der Waals surface area contributed by atoms with Gasteiger partial charge in [0.25, 0.3) is 5.91 Å². The first-order valence-corrected chi connectivity index (χ1v) is 15.6. The second kappa shape index (κ2) is 12.2. The van der Waals surface area contributed by atoms with Gasteiger partial charge in [0.05, 0.1) is 17.0 Å². The van der Waals surface area contributed by atoms with Crippen molar-refractivity contribution in [3.63, 3.8) is 0 Å². The zero-order valence-electron chi connectivity index (χ0n) is 24.8. The van der Waals surface area contributed by atoms with Gasteiger partial charge in [0, 0.05) is 67.6 Å². The van der Waals surface area contributed by atoms with E-state index in [9.17, 15) is 18.4 Å². The number of nitrogens with one attached hydrogen (secondary N) is 1. The van der Waals surface area contributed by atoms with E-state index in [0.29, 0.717) is 54.5 Å². The maximum Gasteiger partial charge on any atom is 0.256 e. The molecule has 3 aliphatic heterocycles. The van der Waals surface area contributed by atoms with Gasteiger partial charge in [-0.3, -0.25) is 9.59 Å². The van der Waals surface area contributed by atoms with Crippen molar-refractivity contribution >= 4 is 34.3 Å². The van der Waals surface area contributed by atoms with Crippen LogP contribution in [-0.4, -0.2) is 84.8 Å². The molecule has 0 saturated carbocycles. The lowest BCUT2D eigenvalue weighted by Gasteiger charge is -2.41. The summed E-state index contributed by atoms with van der Waals surface area (Å²) in [6.45, 7) is 5.66. The smallest absolute Gasteiger partial charge is 0.256 e. The van der Waals surface area contributed by atoms with Crippen molar-refractivity contribution < 1.29 is 23.1 Å². The molecule has 10 heteroatoms. The Morgan fingerprint density at radius 1 is 1.07 bits per heavy atom. The maximum absolute atomic E-state index is 14.7. The number of aromatic nitrogens is 1.